The fraction of sp³-hybridized carbons (Fsp3) is 0.400. The summed E-state index contributed by atoms with van der Waals surface area (Å²) in [5, 5.41) is 11.6. The van der Waals surface area contributed by atoms with Crippen LogP contribution < -0.4 is 11.1 Å². The number of sulfonamides is 1. The highest BCUT2D eigenvalue weighted by Gasteiger charge is 2.18. The summed E-state index contributed by atoms with van der Waals surface area (Å²) < 4.78 is 24.9. The molecule has 0 saturated heterocycles. The lowest BCUT2D eigenvalue weighted by Gasteiger charge is -2.14. The first-order valence-electron chi connectivity index (χ1n) is 5.06. The zero-order valence-electron chi connectivity index (χ0n) is 9.84. The lowest BCUT2D eigenvalue weighted by molar-refractivity contribution is 0.311. The summed E-state index contributed by atoms with van der Waals surface area (Å²) in [5.74, 6) is 0. The number of nitrogen functional groups attached to an aromatic ring is 1. The van der Waals surface area contributed by atoms with E-state index in [0.29, 0.717) is 17.9 Å². The van der Waals surface area contributed by atoms with Gasteiger partial charge < -0.3 is 16.2 Å². The van der Waals surface area contributed by atoms with Gasteiger partial charge in [0, 0.05) is 20.6 Å². The summed E-state index contributed by atoms with van der Waals surface area (Å²) in [5.41, 5.74) is 6.64. The van der Waals surface area contributed by atoms with E-state index in [-0.39, 0.29) is 11.5 Å². The number of aliphatic hydroxyl groups is 1. The number of nitrogens with two attached hydrogens (primary N) is 1. The number of aliphatic hydroxyl groups excluding tert-OH is 1. The first-order valence-corrected chi connectivity index (χ1v) is 6.50. The van der Waals surface area contributed by atoms with Crippen molar-refractivity contribution in [2.45, 2.75) is 4.90 Å². The van der Waals surface area contributed by atoms with Crippen LogP contribution in [0.15, 0.2) is 23.1 Å². The Morgan fingerprint density at radius 2 is 2.06 bits per heavy atom. The van der Waals surface area contributed by atoms with Gasteiger partial charge in [0.15, 0.2) is 0 Å². The predicted molar refractivity (Wildman–Crippen MR) is 67.3 cm³/mol. The summed E-state index contributed by atoms with van der Waals surface area (Å²) in [6, 6.07) is 4.44. The van der Waals surface area contributed by atoms with E-state index >= 15 is 0 Å². The molecule has 1 rings (SSSR count). The van der Waals surface area contributed by atoms with Crippen LogP contribution in [-0.2, 0) is 10.0 Å². The number of anilines is 2. The number of hydrogen-bond acceptors (Lipinski definition) is 5. The van der Waals surface area contributed by atoms with Crippen LogP contribution in [0.5, 0.6) is 0 Å². The Balaban J connectivity index is 3.13. The fourth-order valence-electron chi connectivity index (χ4n) is 1.25. The molecule has 0 radical (unpaired) electrons. The lowest BCUT2D eigenvalue weighted by Crippen LogP contribution is -2.22. The minimum absolute atomic E-state index is 0.0515. The van der Waals surface area contributed by atoms with E-state index in [9.17, 15) is 8.42 Å². The second-order valence-electron chi connectivity index (χ2n) is 3.69. The van der Waals surface area contributed by atoms with Gasteiger partial charge in [0.25, 0.3) is 0 Å². The molecular formula is C10H17N3O3S. The van der Waals surface area contributed by atoms with Crippen molar-refractivity contribution >= 4 is 21.4 Å². The quantitative estimate of drug-likeness (QED) is 0.643. The van der Waals surface area contributed by atoms with Crippen molar-refractivity contribution in [1.29, 1.82) is 0 Å². The molecule has 0 spiro atoms. The van der Waals surface area contributed by atoms with Crippen molar-refractivity contribution in [3.8, 4) is 0 Å². The second-order valence-corrected chi connectivity index (χ2v) is 5.84. The van der Waals surface area contributed by atoms with E-state index in [4.69, 9.17) is 10.8 Å². The van der Waals surface area contributed by atoms with E-state index in [2.05, 4.69) is 5.32 Å². The molecule has 0 heterocycles. The molecule has 96 valence electrons. The molecule has 0 atom stereocenters. The normalized spacial score (nSPS) is 11.8. The first-order chi connectivity index (χ1) is 7.89. The minimum Gasteiger partial charge on any atom is -0.397 e. The topological polar surface area (TPSA) is 95.7 Å². The zero-order valence-corrected chi connectivity index (χ0v) is 10.7. The molecule has 0 aliphatic carbocycles. The number of rotatable bonds is 5. The molecule has 17 heavy (non-hydrogen) atoms. The Hall–Kier alpha value is -1.31. The number of nitrogens with one attached hydrogen (secondary N) is 1. The molecule has 0 fully saturated rings. The molecule has 0 aliphatic rings. The van der Waals surface area contributed by atoms with Crippen LogP contribution >= 0.6 is 0 Å². The Labute approximate surface area is 101 Å². The van der Waals surface area contributed by atoms with Gasteiger partial charge in [0.1, 0.15) is 0 Å². The van der Waals surface area contributed by atoms with Gasteiger partial charge in [-0.25, -0.2) is 12.7 Å². The number of hydrogen-bond donors (Lipinski definition) is 3. The summed E-state index contributed by atoms with van der Waals surface area (Å²) in [6.45, 7) is 0.264. The van der Waals surface area contributed by atoms with Gasteiger partial charge in [-0.3, -0.25) is 0 Å². The largest absolute Gasteiger partial charge is 0.397 e. The number of nitrogens with zero attached hydrogens (tertiary/aromatic N) is 1. The Kier molecular flexibility index (Phi) is 4.33. The summed E-state index contributed by atoms with van der Waals surface area (Å²) in [6.07, 6.45) is 0. The SMILES string of the molecule is CN(C)S(=O)(=O)c1ccc(N)c(NCCO)c1. The van der Waals surface area contributed by atoms with Gasteiger partial charge in [-0.15, -0.1) is 0 Å². The van der Waals surface area contributed by atoms with Gasteiger partial charge in [-0.05, 0) is 18.2 Å². The third-order valence-electron chi connectivity index (χ3n) is 2.23. The van der Waals surface area contributed by atoms with Crippen LogP contribution in [-0.4, -0.2) is 45.1 Å². The average Bonchev–Trinajstić information content (AvgIpc) is 2.27. The van der Waals surface area contributed by atoms with Crippen LogP contribution in [0.2, 0.25) is 0 Å². The lowest BCUT2D eigenvalue weighted by atomic mass is 10.2. The summed E-state index contributed by atoms with van der Waals surface area (Å²) in [4.78, 5) is 0.164. The highest BCUT2D eigenvalue weighted by atomic mass is 32.2. The molecule has 0 unspecified atom stereocenters. The fourth-order valence-corrected chi connectivity index (χ4v) is 2.18. The van der Waals surface area contributed by atoms with Crippen molar-refractivity contribution in [2.75, 3.05) is 38.3 Å². The monoisotopic (exact) mass is 259 g/mol. The van der Waals surface area contributed by atoms with Gasteiger partial charge >= 0.3 is 0 Å². The molecule has 0 bridgehead atoms. The molecule has 0 aliphatic heterocycles. The molecule has 4 N–H and O–H groups in total. The molecule has 0 amide bonds. The van der Waals surface area contributed by atoms with Gasteiger partial charge in [0.05, 0.1) is 22.9 Å². The van der Waals surface area contributed by atoms with Crippen LogP contribution in [0.3, 0.4) is 0 Å². The average molecular weight is 259 g/mol. The maximum atomic E-state index is 11.9. The predicted octanol–water partition coefficient (Wildman–Crippen LogP) is -0.0767. The highest BCUT2D eigenvalue weighted by molar-refractivity contribution is 7.89. The smallest absolute Gasteiger partial charge is 0.242 e. The van der Waals surface area contributed by atoms with Gasteiger partial charge in [-0.2, -0.15) is 0 Å². The Bertz CT molecular complexity index is 486. The zero-order chi connectivity index (χ0) is 13.1. The van der Waals surface area contributed by atoms with E-state index < -0.39 is 10.0 Å². The maximum Gasteiger partial charge on any atom is 0.242 e. The number of benzene rings is 1. The molecule has 1 aromatic carbocycles. The maximum absolute atomic E-state index is 11.9. The van der Waals surface area contributed by atoms with E-state index in [1.807, 2.05) is 0 Å². The first kappa shape index (κ1) is 13.8. The summed E-state index contributed by atoms with van der Waals surface area (Å²) in [7, 11) is -0.536. The van der Waals surface area contributed by atoms with Crippen LogP contribution in [0.4, 0.5) is 11.4 Å². The van der Waals surface area contributed by atoms with Crippen molar-refractivity contribution in [3.63, 3.8) is 0 Å². The summed E-state index contributed by atoms with van der Waals surface area (Å²) >= 11 is 0. The van der Waals surface area contributed by atoms with E-state index in [0.717, 1.165) is 4.31 Å². The third-order valence-corrected chi connectivity index (χ3v) is 4.04. The van der Waals surface area contributed by atoms with Crippen molar-refractivity contribution in [2.24, 2.45) is 0 Å². The van der Waals surface area contributed by atoms with Crippen LogP contribution in [0.25, 0.3) is 0 Å². The van der Waals surface area contributed by atoms with Crippen molar-refractivity contribution in [3.05, 3.63) is 18.2 Å². The van der Waals surface area contributed by atoms with Crippen molar-refractivity contribution < 1.29 is 13.5 Å². The van der Waals surface area contributed by atoms with Crippen molar-refractivity contribution in [1.82, 2.24) is 4.31 Å². The van der Waals surface area contributed by atoms with Crippen LogP contribution in [0, 0.1) is 0 Å². The molecule has 7 heteroatoms. The Morgan fingerprint density at radius 3 is 2.59 bits per heavy atom. The molecule has 6 nitrogen and oxygen atoms in total. The third kappa shape index (κ3) is 3.09. The van der Waals surface area contributed by atoms with Gasteiger partial charge in [0.2, 0.25) is 10.0 Å². The van der Waals surface area contributed by atoms with E-state index in [1.54, 1.807) is 0 Å². The molecule has 0 aromatic heterocycles. The van der Waals surface area contributed by atoms with E-state index in [1.165, 1.54) is 32.3 Å². The Morgan fingerprint density at radius 1 is 1.41 bits per heavy atom. The standard InChI is InChI=1S/C10H17N3O3S/c1-13(2)17(15,16)8-3-4-9(11)10(7-8)12-5-6-14/h3-4,7,12,14H,5-6,11H2,1-2H3. The molecule has 1 aromatic rings. The molecule has 0 saturated carbocycles. The highest BCUT2D eigenvalue weighted by Crippen LogP contribution is 2.23. The second kappa shape index (κ2) is 5.35. The molecular weight excluding hydrogens is 242 g/mol. The minimum atomic E-state index is -3.47. The van der Waals surface area contributed by atoms with Crippen LogP contribution in [0.1, 0.15) is 0 Å². The van der Waals surface area contributed by atoms with Gasteiger partial charge in [-0.1, -0.05) is 0 Å².